The van der Waals surface area contributed by atoms with Crippen LogP contribution in [0.25, 0.3) is 5.69 Å². The van der Waals surface area contributed by atoms with Gasteiger partial charge >= 0.3 is 11.1 Å². The van der Waals surface area contributed by atoms with Crippen molar-refractivity contribution in [2.24, 2.45) is 0 Å². The second-order valence-electron chi connectivity index (χ2n) is 6.09. The molecule has 0 atom stereocenters. The van der Waals surface area contributed by atoms with Gasteiger partial charge in [-0.1, -0.05) is 29.8 Å². The highest BCUT2D eigenvalue weighted by molar-refractivity contribution is 6.32. The van der Waals surface area contributed by atoms with Gasteiger partial charge in [0.2, 0.25) is 5.91 Å². The van der Waals surface area contributed by atoms with Gasteiger partial charge in [-0.15, -0.1) is 0 Å². The Labute approximate surface area is 165 Å². The molecule has 1 aromatic heterocycles. The van der Waals surface area contributed by atoms with Gasteiger partial charge in [0.25, 0.3) is 0 Å². The van der Waals surface area contributed by atoms with E-state index in [9.17, 15) is 14.4 Å². The topological polar surface area (TPSA) is 82.3 Å². The summed E-state index contributed by atoms with van der Waals surface area (Å²) in [6.45, 7) is 1.55. The number of amides is 1. The average Bonchev–Trinajstić information content (AvgIpc) is 2.67. The smallest absolute Gasteiger partial charge is 0.320 e. The van der Waals surface area contributed by atoms with E-state index in [1.165, 1.54) is 30.1 Å². The first-order valence-corrected chi connectivity index (χ1v) is 8.80. The molecule has 0 unspecified atom stereocenters. The molecule has 0 saturated carbocycles. The Morgan fingerprint density at radius 2 is 1.86 bits per heavy atom. The summed E-state index contributed by atoms with van der Waals surface area (Å²) in [5.41, 5.74) is 0.424. The molecule has 28 heavy (non-hydrogen) atoms. The lowest BCUT2D eigenvalue weighted by Gasteiger charge is -2.11. The molecule has 0 fully saturated rings. The fraction of sp³-hybridized carbons (Fsp3) is 0.150. The van der Waals surface area contributed by atoms with Crippen molar-refractivity contribution >= 4 is 23.2 Å². The first kappa shape index (κ1) is 19.4. The number of methoxy groups -OCH3 is 1. The first-order valence-electron chi connectivity index (χ1n) is 8.42. The Bertz CT molecular complexity index is 1150. The summed E-state index contributed by atoms with van der Waals surface area (Å²) >= 11 is 6.03. The van der Waals surface area contributed by atoms with Crippen LogP contribution in [-0.4, -0.2) is 22.2 Å². The van der Waals surface area contributed by atoms with E-state index in [0.717, 1.165) is 10.1 Å². The summed E-state index contributed by atoms with van der Waals surface area (Å²) in [4.78, 5) is 37.1. The second kappa shape index (κ2) is 8.14. The third-order valence-corrected chi connectivity index (χ3v) is 4.48. The van der Waals surface area contributed by atoms with Gasteiger partial charge < -0.3 is 10.1 Å². The predicted octanol–water partition coefficient (Wildman–Crippen LogP) is 2.61. The van der Waals surface area contributed by atoms with E-state index in [1.54, 1.807) is 24.3 Å². The zero-order valence-electron chi connectivity index (χ0n) is 15.3. The van der Waals surface area contributed by atoms with Gasteiger partial charge in [-0.3, -0.25) is 23.5 Å². The number of benzene rings is 2. The van der Waals surface area contributed by atoms with Gasteiger partial charge in [0, 0.05) is 18.1 Å². The average molecular weight is 400 g/mol. The molecular formula is C20H18ClN3O4. The number of hydrogen-bond donors (Lipinski definition) is 1. The van der Waals surface area contributed by atoms with Crippen LogP contribution in [0.5, 0.6) is 5.75 Å². The maximum Gasteiger partial charge on any atom is 0.320 e. The second-order valence-corrected chi connectivity index (χ2v) is 6.50. The summed E-state index contributed by atoms with van der Waals surface area (Å²) in [7, 11) is 1.49. The molecule has 7 nitrogen and oxygen atoms in total. The fourth-order valence-corrected chi connectivity index (χ4v) is 3.01. The lowest BCUT2D eigenvalue weighted by molar-refractivity contribution is -0.116. The number of carbonyl (C=O) groups excluding carboxylic acids is 1. The van der Waals surface area contributed by atoms with Gasteiger partial charge in [-0.05, 0) is 36.8 Å². The maximum absolute atomic E-state index is 12.5. The molecule has 1 amide bonds. The summed E-state index contributed by atoms with van der Waals surface area (Å²) in [5, 5.41) is 2.98. The molecule has 1 heterocycles. The Kier molecular flexibility index (Phi) is 5.65. The van der Waals surface area contributed by atoms with Crippen LogP contribution in [0, 0.1) is 6.92 Å². The standard InChI is InChI=1S/C20H18ClN3O4/c1-13-5-3-4-6-16(13)24-10-9-23(19(26)20(24)27)12-18(25)22-14-7-8-17(28-2)15(21)11-14/h3-11H,12H2,1-2H3,(H,22,25). The zero-order valence-corrected chi connectivity index (χ0v) is 16.1. The predicted molar refractivity (Wildman–Crippen MR) is 108 cm³/mol. The Morgan fingerprint density at radius 1 is 1.11 bits per heavy atom. The number of nitrogens with zero attached hydrogens (tertiary/aromatic N) is 2. The number of halogens is 1. The molecule has 3 aromatic rings. The highest BCUT2D eigenvalue weighted by Crippen LogP contribution is 2.27. The van der Waals surface area contributed by atoms with E-state index in [-0.39, 0.29) is 6.54 Å². The van der Waals surface area contributed by atoms with Crippen molar-refractivity contribution in [2.45, 2.75) is 13.5 Å². The van der Waals surface area contributed by atoms with Crippen molar-refractivity contribution in [1.82, 2.24) is 9.13 Å². The van der Waals surface area contributed by atoms with E-state index in [1.807, 2.05) is 19.1 Å². The lowest BCUT2D eigenvalue weighted by Crippen LogP contribution is -2.41. The van der Waals surface area contributed by atoms with Crippen molar-refractivity contribution in [3.8, 4) is 11.4 Å². The van der Waals surface area contributed by atoms with Crippen molar-refractivity contribution in [2.75, 3.05) is 12.4 Å². The number of hydrogen-bond acceptors (Lipinski definition) is 4. The number of carbonyl (C=O) groups is 1. The van der Waals surface area contributed by atoms with Crippen molar-refractivity contribution in [3.63, 3.8) is 0 Å². The first-order chi connectivity index (χ1) is 13.4. The molecule has 1 N–H and O–H groups in total. The molecule has 0 spiro atoms. The molecule has 0 saturated heterocycles. The molecule has 0 aliphatic rings. The minimum atomic E-state index is -0.784. The Balaban J connectivity index is 1.81. The maximum atomic E-state index is 12.5. The third-order valence-electron chi connectivity index (χ3n) is 4.18. The number of para-hydroxylation sites is 1. The highest BCUT2D eigenvalue weighted by Gasteiger charge is 2.12. The van der Waals surface area contributed by atoms with E-state index < -0.39 is 17.0 Å². The van der Waals surface area contributed by atoms with Crippen LogP contribution in [0.2, 0.25) is 5.02 Å². The van der Waals surface area contributed by atoms with Gasteiger partial charge in [0.1, 0.15) is 12.3 Å². The van der Waals surface area contributed by atoms with Crippen LogP contribution in [0.4, 0.5) is 5.69 Å². The summed E-state index contributed by atoms with van der Waals surface area (Å²) in [6, 6.07) is 12.0. The van der Waals surface area contributed by atoms with E-state index in [4.69, 9.17) is 16.3 Å². The number of anilines is 1. The Morgan fingerprint density at radius 3 is 2.54 bits per heavy atom. The summed E-state index contributed by atoms with van der Waals surface area (Å²) < 4.78 is 7.40. The van der Waals surface area contributed by atoms with Crippen LogP contribution < -0.4 is 21.2 Å². The molecule has 8 heteroatoms. The number of aromatic nitrogens is 2. The molecular weight excluding hydrogens is 382 g/mol. The van der Waals surface area contributed by atoms with Crippen LogP contribution in [0.15, 0.2) is 64.4 Å². The minimum Gasteiger partial charge on any atom is -0.495 e. The number of rotatable bonds is 5. The van der Waals surface area contributed by atoms with Gasteiger partial charge in [0.15, 0.2) is 0 Å². The molecule has 0 aliphatic carbocycles. The molecule has 0 bridgehead atoms. The minimum absolute atomic E-state index is 0.299. The van der Waals surface area contributed by atoms with E-state index in [2.05, 4.69) is 5.32 Å². The van der Waals surface area contributed by atoms with Crippen LogP contribution in [0.3, 0.4) is 0 Å². The Hall–Kier alpha value is -3.32. The van der Waals surface area contributed by atoms with Gasteiger partial charge in [0.05, 0.1) is 17.8 Å². The lowest BCUT2D eigenvalue weighted by atomic mass is 10.2. The zero-order chi connectivity index (χ0) is 20.3. The number of aryl methyl sites for hydroxylation is 1. The third kappa shape index (κ3) is 3.99. The van der Waals surface area contributed by atoms with Gasteiger partial charge in [-0.25, -0.2) is 0 Å². The van der Waals surface area contributed by atoms with E-state index >= 15 is 0 Å². The van der Waals surface area contributed by atoms with Crippen molar-refractivity contribution < 1.29 is 9.53 Å². The molecule has 2 aromatic carbocycles. The van der Waals surface area contributed by atoms with Crippen molar-refractivity contribution in [3.05, 3.63) is 86.2 Å². The highest BCUT2D eigenvalue weighted by atomic mass is 35.5. The monoisotopic (exact) mass is 399 g/mol. The quantitative estimate of drug-likeness (QED) is 0.668. The largest absolute Gasteiger partial charge is 0.495 e. The van der Waals surface area contributed by atoms with Crippen LogP contribution >= 0.6 is 11.6 Å². The van der Waals surface area contributed by atoms with E-state index in [0.29, 0.717) is 22.1 Å². The molecule has 144 valence electrons. The molecule has 0 aliphatic heterocycles. The van der Waals surface area contributed by atoms with Crippen LogP contribution in [-0.2, 0) is 11.3 Å². The van der Waals surface area contributed by atoms with Gasteiger partial charge in [-0.2, -0.15) is 0 Å². The number of ether oxygens (including phenoxy) is 1. The summed E-state index contributed by atoms with van der Waals surface area (Å²) in [6.07, 6.45) is 2.89. The molecule has 3 rings (SSSR count). The normalized spacial score (nSPS) is 10.5. The fourth-order valence-electron chi connectivity index (χ4n) is 2.76. The van der Waals surface area contributed by atoms with Crippen LogP contribution in [0.1, 0.15) is 5.56 Å². The summed E-state index contributed by atoms with van der Waals surface area (Å²) in [5.74, 6) is 0.0204. The van der Waals surface area contributed by atoms with Crippen molar-refractivity contribution in [1.29, 1.82) is 0 Å². The molecule has 0 radical (unpaired) electrons. The SMILES string of the molecule is COc1ccc(NC(=O)Cn2ccn(-c3ccccc3C)c(=O)c2=O)cc1Cl. The number of nitrogens with one attached hydrogen (secondary N) is 1.